The number of amides is 1. The fourth-order valence-electron chi connectivity index (χ4n) is 4.37. The first-order chi connectivity index (χ1) is 17.9. The lowest BCUT2D eigenvalue weighted by atomic mass is 9.95. The summed E-state index contributed by atoms with van der Waals surface area (Å²) in [6.07, 6.45) is 0.633. The molecule has 1 N–H and O–H groups in total. The predicted octanol–water partition coefficient (Wildman–Crippen LogP) is 5.77. The van der Waals surface area contributed by atoms with E-state index in [4.69, 9.17) is 25.8 Å². The third kappa shape index (κ3) is 5.27. The van der Waals surface area contributed by atoms with Crippen LogP contribution in [0.15, 0.2) is 72.3 Å². The van der Waals surface area contributed by atoms with E-state index in [1.807, 2.05) is 37.3 Å². The van der Waals surface area contributed by atoms with Crippen LogP contribution in [-0.4, -0.2) is 42.5 Å². The zero-order valence-corrected chi connectivity index (χ0v) is 21.6. The van der Waals surface area contributed by atoms with E-state index < -0.39 is 17.7 Å². The molecule has 8 heteroatoms. The van der Waals surface area contributed by atoms with Gasteiger partial charge in [-0.05, 0) is 47.9 Å². The molecule has 1 saturated heterocycles. The molecule has 1 heterocycles. The second-order valence-corrected chi connectivity index (χ2v) is 8.93. The van der Waals surface area contributed by atoms with Crippen molar-refractivity contribution in [3.05, 3.63) is 94.0 Å². The summed E-state index contributed by atoms with van der Waals surface area (Å²) < 4.78 is 16.8. The molecule has 0 saturated carbocycles. The topological polar surface area (TPSA) is 85.3 Å². The number of halogens is 1. The van der Waals surface area contributed by atoms with Crippen LogP contribution in [-0.2, 0) is 16.2 Å². The monoisotopic (exact) mass is 521 g/mol. The van der Waals surface area contributed by atoms with Crippen LogP contribution in [0.3, 0.4) is 0 Å². The Morgan fingerprint density at radius 3 is 2.35 bits per heavy atom. The maximum Gasteiger partial charge on any atom is 0.295 e. The summed E-state index contributed by atoms with van der Waals surface area (Å²) in [5.41, 5.74) is 1.92. The van der Waals surface area contributed by atoms with Gasteiger partial charge in [0.25, 0.3) is 11.7 Å². The van der Waals surface area contributed by atoms with Crippen molar-refractivity contribution in [2.45, 2.75) is 26.0 Å². The number of carbonyl (C=O) groups excluding carboxylic acids is 2. The van der Waals surface area contributed by atoms with Crippen LogP contribution in [0.1, 0.15) is 36.1 Å². The first-order valence-electron chi connectivity index (χ1n) is 11.9. The number of aliphatic hydroxyl groups is 1. The molecule has 1 amide bonds. The van der Waals surface area contributed by atoms with Gasteiger partial charge in [-0.15, -0.1) is 0 Å². The van der Waals surface area contributed by atoms with Crippen LogP contribution >= 0.6 is 11.6 Å². The lowest BCUT2D eigenvalue weighted by Crippen LogP contribution is -2.30. The lowest BCUT2D eigenvalue weighted by Gasteiger charge is -2.25. The summed E-state index contributed by atoms with van der Waals surface area (Å²) in [5.74, 6) is -0.425. The first kappa shape index (κ1) is 26.1. The van der Waals surface area contributed by atoms with Crippen molar-refractivity contribution < 1.29 is 28.9 Å². The number of hydrogen-bond donors (Lipinski definition) is 1. The van der Waals surface area contributed by atoms with Gasteiger partial charge in [-0.1, -0.05) is 54.9 Å². The summed E-state index contributed by atoms with van der Waals surface area (Å²) >= 11 is 6.14. The molecule has 3 aromatic rings. The van der Waals surface area contributed by atoms with Crippen LogP contribution in [0.4, 0.5) is 0 Å². The number of ether oxygens (including phenoxy) is 3. The molecular formula is C29H28ClNO6. The number of ketones is 1. The first-order valence-corrected chi connectivity index (χ1v) is 12.2. The Labute approximate surface area is 220 Å². The third-order valence-electron chi connectivity index (χ3n) is 6.17. The molecule has 1 unspecified atom stereocenters. The largest absolute Gasteiger partial charge is 0.507 e. The number of likely N-dealkylation sites (tertiary alicyclic amines) is 1. The highest BCUT2D eigenvalue weighted by molar-refractivity contribution is 6.46. The van der Waals surface area contributed by atoms with Gasteiger partial charge in [-0.3, -0.25) is 9.59 Å². The fraction of sp³-hybridized carbons (Fsp3) is 0.241. The second kappa shape index (κ2) is 11.4. The molecule has 192 valence electrons. The van der Waals surface area contributed by atoms with Crippen molar-refractivity contribution in [1.29, 1.82) is 0 Å². The number of benzene rings is 3. The Balaban J connectivity index is 1.77. The molecule has 3 aromatic carbocycles. The molecule has 4 rings (SSSR count). The molecule has 7 nitrogen and oxygen atoms in total. The van der Waals surface area contributed by atoms with Gasteiger partial charge >= 0.3 is 0 Å². The van der Waals surface area contributed by atoms with Gasteiger partial charge in [-0.2, -0.15) is 0 Å². The minimum atomic E-state index is -0.807. The smallest absolute Gasteiger partial charge is 0.295 e. The number of carbonyl (C=O) groups is 2. The van der Waals surface area contributed by atoms with E-state index in [0.717, 1.165) is 5.56 Å². The fourth-order valence-corrected chi connectivity index (χ4v) is 4.56. The van der Waals surface area contributed by atoms with Gasteiger partial charge < -0.3 is 24.2 Å². The summed E-state index contributed by atoms with van der Waals surface area (Å²) in [6, 6.07) is 18.9. The zero-order valence-electron chi connectivity index (χ0n) is 20.9. The van der Waals surface area contributed by atoms with Crippen LogP contribution < -0.4 is 14.2 Å². The quantitative estimate of drug-likeness (QED) is 0.219. The normalized spacial score (nSPS) is 16.6. The Hall–Kier alpha value is -3.97. The molecule has 1 aliphatic heterocycles. The molecule has 0 spiro atoms. The molecule has 1 fully saturated rings. The van der Waals surface area contributed by atoms with Crippen LogP contribution in [0.5, 0.6) is 17.2 Å². The highest BCUT2D eigenvalue weighted by atomic mass is 35.5. The number of methoxy groups -OCH3 is 2. The molecule has 0 aliphatic carbocycles. The van der Waals surface area contributed by atoms with Gasteiger partial charge in [0.1, 0.15) is 18.1 Å². The minimum absolute atomic E-state index is 0.0113. The molecule has 0 aromatic heterocycles. The molecule has 1 aliphatic rings. The highest BCUT2D eigenvalue weighted by Crippen LogP contribution is 2.42. The number of hydrogen-bond acceptors (Lipinski definition) is 6. The molecule has 37 heavy (non-hydrogen) atoms. The summed E-state index contributed by atoms with van der Waals surface area (Å²) in [6.45, 7) is 2.61. The average Bonchev–Trinajstić information content (AvgIpc) is 3.17. The van der Waals surface area contributed by atoms with Crippen LogP contribution in [0.2, 0.25) is 5.02 Å². The van der Waals surface area contributed by atoms with Gasteiger partial charge in [-0.25, -0.2) is 0 Å². The van der Waals surface area contributed by atoms with Crippen LogP contribution in [0.25, 0.3) is 5.76 Å². The Bertz CT molecular complexity index is 1340. The number of rotatable bonds is 9. The second-order valence-electron chi connectivity index (χ2n) is 8.53. The van der Waals surface area contributed by atoms with E-state index in [1.165, 1.54) is 25.2 Å². The number of nitrogens with zero attached hydrogens (tertiary/aromatic N) is 1. The lowest BCUT2D eigenvalue weighted by molar-refractivity contribution is -0.139. The SMILES string of the molecule is CCCN1C(=O)C(=O)/C(=C(\O)c2ccc(Cl)c(OC)c2)C1c1ccc(OCc2ccccc2)c(OC)c1. The van der Waals surface area contributed by atoms with Crippen molar-refractivity contribution in [1.82, 2.24) is 4.90 Å². The molecule has 1 atom stereocenters. The molecule has 0 radical (unpaired) electrons. The summed E-state index contributed by atoms with van der Waals surface area (Å²) in [5, 5.41) is 11.6. The van der Waals surface area contributed by atoms with E-state index in [-0.39, 0.29) is 11.3 Å². The third-order valence-corrected chi connectivity index (χ3v) is 6.48. The van der Waals surface area contributed by atoms with Gasteiger partial charge in [0.15, 0.2) is 11.5 Å². The number of Topliss-reactive ketones (excluding diaryl/α,β-unsaturated/α-hetero) is 1. The van der Waals surface area contributed by atoms with Gasteiger partial charge in [0.2, 0.25) is 0 Å². The highest BCUT2D eigenvalue weighted by Gasteiger charge is 2.46. The summed E-state index contributed by atoms with van der Waals surface area (Å²) in [7, 11) is 2.98. The van der Waals surface area contributed by atoms with E-state index >= 15 is 0 Å². The van der Waals surface area contributed by atoms with Crippen molar-refractivity contribution >= 4 is 29.1 Å². The van der Waals surface area contributed by atoms with E-state index in [2.05, 4.69) is 0 Å². The van der Waals surface area contributed by atoms with Crippen molar-refractivity contribution in [3.63, 3.8) is 0 Å². The van der Waals surface area contributed by atoms with E-state index in [0.29, 0.717) is 53.0 Å². The number of aliphatic hydroxyl groups excluding tert-OH is 1. The zero-order chi connectivity index (χ0) is 26.5. The minimum Gasteiger partial charge on any atom is -0.507 e. The Kier molecular flexibility index (Phi) is 8.04. The molecular weight excluding hydrogens is 494 g/mol. The van der Waals surface area contributed by atoms with E-state index in [9.17, 15) is 14.7 Å². The Morgan fingerprint density at radius 2 is 1.68 bits per heavy atom. The van der Waals surface area contributed by atoms with Crippen molar-refractivity contribution in [2.75, 3.05) is 20.8 Å². The van der Waals surface area contributed by atoms with Gasteiger partial charge in [0.05, 0.1) is 30.9 Å². The summed E-state index contributed by atoms with van der Waals surface area (Å²) in [4.78, 5) is 27.7. The van der Waals surface area contributed by atoms with E-state index in [1.54, 1.807) is 30.3 Å². The van der Waals surface area contributed by atoms with Crippen molar-refractivity contribution in [2.24, 2.45) is 0 Å². The van der Waals surface area contributed by atoms with Crippen LogP contribution in [0, 0.1) is 0 Å². The Morgan fingerprint density at radius 1 is 0.946 bits per heavy atom. The maximum absolute atomic E-state index is 13.2. The van der Waals surface area contributed by atoms with Gasteiger partial charge in [0, 0.05) is 12.1 Å². The molecule has 0 bridgehead atoms. The van der Waals surface area contributed by atoms with Crippen molar-refractivity contribution in [3.8, 4) is 17.2 Å². The predicted molar refractivity (Wildman–Crippen MR) is 141 cm³/mol. The standard InChI is InChI=1S/C29H28ClNO6/c1-4-14-31-26(19-11-13-22(24(15-19)36-3)37-17-18-8-6-5-7-9-18)25(28(33)29(31)34)27(32)20-10-12-21(30)23(16-20)35-2/h5-13,15-16,26,32H,4,14,17H2,1-3H3/b27-25-. The average molecular weight is 522 g/mol. The maximum atomic E-state index is 13.2.